The van der Waals surface area contributed by atoms with E-state index in [0.717, 1.165) is 11.5 Å². The van der Waals surface area contributed by atoms with E-state index >= 15 is 0 Å². The predicted molar refractivity (Wildman–Crippen MR) is 127 cm³/mol. The second kappa shape index (κ2) is 11.2. The van der Waals surface area contributed by atoms with Crippen molar-refractivity contribution in [3.8, 4) is 11.6 Å². The van der Waals surface area contributed by atoms with Gasteiger partial charge in [-0.15, -0.1) is 0 Å². The number of halogens is 6. The lowest BCUT2D eigenvalue weighted by Crippen LogP contribution is -2.55. The lowest BCUT2D eigenvalue weighted by Gasteiger charge is -2.38. The first-order valence-corrected chi connectivity index (χ1v) is 11.5. The van der Waals surface area contributed by atoms with Gasteiger partial charge in [-0.3, -0.25) is 4.79 Å². The molecule has 4 aromatic rings. The fourth-order valence-corrected chi connectivity index (χ4v) is 3.76. The highest BCUT2D eigenvalue weighted by Crippen LogP contribution is 2.32. The Hall–Kier alpha value is -4.69. The van der Waals surface area contributed by atoms with Crippen molar-refractivity contribution in [1.29, 1.82) is 0 Å². The third-order valence-electron chi connectivity index (χ3n) is 5.77. The van der Waals surface area contributed by atoms with Crippen LogP contribution in [-0.2, 0) is 4.79 Å². The molecule has 5 rings (SSSR count). The predicted octanol–water partition coefficient (Wildman–Crippen LogP) is 4.52. The number of likely N-dealkylation sites (tertiary alicyclic amines) is 1. The van der Waals surface area contributed by atoms with Crippen molar-refractivity contribution >= 4 is 22.8 Å². The van der Waals surface area contributed by atoms with E-state index < -0.39 is 48.9 Å². The Morgan fingerprint density at radius 3 is 2.38 bits per heavy atom. The number of benzene rings is 2. The molecule has 1 N–H and O–H groups in total. The van der Waals surface area contributed by atoms with E-state index in [1.165, 1.54) is 40.3 Å². The fourth-order valence-electron chi connectivity index (χ4n) is 3.76. The number of para-hydroxylation sites is 1. The van der Waals surface area contributed by atoms with Gasteiger partial charge in [0, 0.05) is 24.4 Å². The maximum Gasteiger partial charge on any atom is 0.490 e. The average Bonchev–Trinajstić information content (AvgIpc) is 3.45. The van der Waals surface area contributed by atoms with Gasteiger partial charge in [0.2, 0.25) is 5.88 Å². The molecule has 1 fully saturated rings. The highest BCUT2D eigenvalue weighted by molar-refractivity contribution is 5.95. The number of carboxylic acids is 1. The smallest absolute Gasteiger partial charge is 0.475 e. The maximum atomic E-state index is 14.7. The minimum Gasteiger partial charge on any atom is -0.475 e. The van der Waals surface area contributed by atoms with Crippen molar-refractivity contribution in [2.24, 2.45) is 0 Å². The zero-order valence-electron chi connectivity index (χ0n) is 20.2. The van der Waals surface area contributed by atoms with Crippen LogP contribution in [0, 0.1) is 5.82 Å². The van der Waals surface area contributed by atoms with Crippen molar-refractivity contribution in [2.45, 2.75) is 24.6 Å². The second-order valence-electron chi connectivity index (χ2n) is 8.50. The summed E-state index contributed by atoms with van der Waals surface area (Å²) in [6, 6.07) is 14.3. The van der Waals surface area contributed by atoms with Crippen LogP contribution in [0.25, 0.3) is 16.6 Å². The normalized spacial score (nSPS) is 16.6. The van der Waals surface area contributed by atoms with Crippen molar-refractivity contribution < 1.29 is 45.8 Å². The standard InChI is InChI=1S/C23H18F3N5O2.C2HF3O2/c24-18-7-6-16(31-27-10-11-28-31)13-17(18)22(32)30-12-9-23(25,26)20(14-30)33-21-8-5-15-3-1-2-4-19(15)29-21;3-2(4,5)1(6)7/h1-8,10-11,13,20H,9,12,14H2;(H,6,7)/t20-;/m0./s1. The minimum atomic E-state index is -5.08. The number of hydrogen-bond donors (Lipinski definition) is 1. The van der Waals surface area contributed by atoms with Crippen LogP contribution >= 0.6 is 0 Å². The molecule has 1 aliphatic rings. The topological polar surface area (TPSA) is 110 Å². The van der Waals surface area contributed by atoms with E-state index in [0.29, 0.717) is 11.2 Å². The third-order valence-corrected chi connectivity index (χ3v) is 5.77. The van der Waals surface area contributed by atoms with Gasteiger partial charge >= 0.3 is 12.1 Å². The summed E-state index contributed by atoms with van der Waals surface area (Å²) in [5.41, 5.74) is 0.728. The second-order valence-corrected chi connectivity index (χ2v) is 8.50. The van der Waals surface area contributed by atoms with Crippen molar-refractivity contribution in [3.05, 3.63) is 78.4 Å². The number of amides is 1. The van der Waals surface area contributed by atoms with E-state index in [4.69, 9.17) is 14.6 Å². The van der Waals surface area contributed by atoms with E-state index in [2.05, 4.69) is 15.2 Å². The number of rotatable bonds is 4. The number of aliphatic carboxylic acids is 1. The molecule has 210 valence electrons. The summed E-state index contributed by atoms with van der Waals surface area (Å²) < 4.78 is 81.0. The van der Waals surface area contributed by atoms with Crippen LogP contribution in [0.5, 0.6) is 5.88 Å². The number of carbonyl (C=O) groups excluding carboxylic acids is 1. The molecule has 15 heteroatoms. The van der Waals surface area contributed by atoms with Gasteiger partial charge < -0.3 is 14.7 Å². The fraction of sp³-hybridized carbons (Fsp3) is 0.240. The van der Waals surface area contributed by atoms with Crippen LogP contribution in [-0.4, -0.2) is 73.2 Å². The Morgan fingerprint density at radius 1 is 1.02 bits per heavy atom. The number of carbonyl (C=O) groups is 2. The highest BCUT2D eigenvalue weighted by atomic mass is 19.4. The van der Waals surface area contributed by atoms with Crippen LogP contribution in [0.1, 0.15) is 16.8 Å². The molecule has 2 aromatic carbocycles. The van der Waals surface area contributed by atoms with Crippen LogP contribution in [0.15, 0.2) is 67.0 Å². The molecule has 0 unspecified atom stereocenters. The zero-order chi connectivity index (χ0) is 29.1. The molecule has 1 saturated heterocycles. The molecule has 3 heterocycles. The molecule has 1 aliphatic heterocycles. The van der Waals surface area contributed by atoms with Gasteiger partial charge in [0.25, 0.3) is 11.8 Å². The van der Waals surface area contributed by atoms with Gasteiger partial charge in [-0.2, -0.15) is 28.2 Å². The van der Waals surface area contributed by atoms with Crippen LogP contribution in [0.4, 0.5) is 26.3 Å². The summed E-state index contributed by atoms with van der Waals surface area (Å²) in [5, 5.41) is 15.9. The van der Waals surface area contributed by atoms with Gasteiger partial charge in [0.05, 0.1) is 35.7 Å². The van der Waals surface area contributed by atoms with Crippen molar-refractivity contribution in [2.75, 3.05) is 13.1 Å². The Bertz CT molecular complexity index is 1510. The number of alkyl halides is 5. The van der Waals surface area contributed by atoms with Gasteiger partial charge in [-0.05, 0) is 30.3 Å². The first-order valence-electron chi connectivity index (χ1n) is 11.5. The van der Waals surface area contributed by atoms with E-state index in [-0.39, 0.29) is 18.0 Å². The van der Waals surface area contributed by atoms with Crippen LogP contribution in [0.2, 0.25) is 0 Å². The maximum absolute atomic E-state index is 14.7. The van der Waals surface area contributed by atoms with Gasteiger partial charge in [-0.1, -0.05) is 18.2 Å². The summed E-state index contributed by atoms with van der Waals surface area (Å²) in [6.07, 6.45) is -4.43. The molecule has 0 spiro atoms. The molecule has 0 radical (unpaired) electrons. The molecular formula is C25H19F6N5O4. The highest BCUT2D eigenvalue weighted by Gasteiger charge is 2.47. The summed E-state index contributed by atoms with van der Waals surface area (Å²) in [6.45, 7) is -0.648. The largest absolute Gasteiger partial charge is 0.490 e. The van der Waals surface area contributed by atoms with Crippen LogP contribution < -0.4 is 4.74 Å². The van der Waals surface area contributed by atoms with Crippen molar-refractivity contribution in [1.82, 2.24) is 24.9 Å². The summed E-state index contributed by atoms with van der Waals surface area (Å²) in [7, 11) is 0. The summed E-state index contributed by atoms with van der Waals surface area (Å²) >= 11 is 0. The average molecular weight is 567 g/mol. The lowest BCUT2D eigenvalue weighted by atomic mass is 10.0. The zero-order valence-corrected chi connectivity index (χ0v) is 20.2. The third kappa shape index (κ3) is 6.47. The number of pyridine rings is 1. The number of carboxylic acid groups (broad SMARTS) is 1. The molecule has 9 nitrogen and oxygen atoms in total. The Morgan fingerprint density at radius 2 is 1.70 bits per heavy atom. The molecule has 2 aromatic heterocycles. The van der Waals surface area contributed by atoms with Crippen LogP contribution in [0.3, 0.4) is 0 Å². The van der Waals surface area contributed by atoms with Crippen molar-refractivity contribution in [3.63, 3.8) is 0 Å². The molecule has 0 saturated carbocycles. The molecule has 0 aliphatic carbocycles. The number of nitrogens with zero attached hydrogens (tertiary/aromatic N) is 5. The molecular weight excluding hydrogens is 548 g/mol. The Kier molecular flexibility index (Phi) is 7.93. The summed E-state index contributed by atoms with van der Waals surface area (Å²) in [5.74, 6) is -7.37. The van der Waals surface area contributed by atoms with Gasteiger partial charge in [0.15, 0.2) is 6.10 Å². The first kappa shape index (κ1) is 28.3. The monoisotopic (exact) mass is 567 g/mol. The van der Waals surface area contributed by atoms with E-state index in [1.807, 2.05) is 12.1 Å². The number of fused-ring (bicyclic) bond motifs is 1. The molecule has 0 bridgehead atoms. The number of aromatic nitrogens is 4. The Balaban J connectivity index is 0.000000470. The number of ether oxygens (including phenoxy) is 1. The van der Waals surface area contributed by atoms with Gasteiger partial charge in [0.1, 0.15) is 5.82 Å². The lowest BCUT2D eigenvalue weighted by molar-refractivity contribution is -0.192. The molecule has 1 atom stereocenters. The van der Waals surface area contributed by atoms with E-state index in [1.54, 1.807) is 18.2 Å². The minimum absolute atomic E-state index is 0.0330. The molecule has 1 amide bonds. The number of hydrogen-bond acceptors (Lipinski definition) is 6. The first-order chi connectivity index (χ1) is 18.8. The number of piperidine rings is 1. The SMILES string of the molecule is O=C(O)C(F)(F)F.O=C(c1cc(-n2nccn2)ccc1F)N1CCC(F)(F)[C@@H](Oc2ccc3ccccc3n2)C1. The molecule has 40 heavy (non-hydrogen) atoms. The Labute approximate surface area is 221 Å². The van der Waals surface area contributed by atoms with Gasteiger partial charge in [-0.25, -0.2) is 22.9 Å². The summed E-state index contributed by atoms with van der Waals surface area (Å²) in [4.78, 5) is 28.6. The quantitative estimate of drug-likeness (QED) is 0.361. The van der Waals surface area contributed by atoms with E-state index in [9.17, 15) is 31.1 Å².